The maximum atomic E-state index is 12.1. The minimum atomic E-state index is -0.543. The van der Waals surface area contributed by atoms with Gasteiger partial charge in [-0.1, -0.05) is 12.1 Å². The van der Waals surface area contributed by atoms with Gasteiger partial charge < -0.3 is 20.2 Å². The highest BCUT2D eigenvalue weighted by Gasteiger charge is 2.17. The Bertz CT molecular complexity index is 1280. The van der Waals surface area contributed by atoms with E-state index in [9.17, 15) is 4.79 Å². The van der Waals surface area contributed by atoms with E-state index in [1.165, 1.54) is 0 Å². The number of nitrogens with zero attached hydrogens (tertiary/aromatic N) is 5. The number of imidazole rings is 1. The van der Waals surface area contributed by atoms with Crippen LogP contribution in [-0.2, 0) is 17.8 Å². The number of carbonyl (C=O) groups is 1. The molecule has 0 atom stereocenters. The molecule has 0 aliphatic carbocycles. The van der Waals surface area contributed by atoms with Crippen molar-refractivity contribution in [3.63, 3.8) is 0 Å². The Morgan fingerprint density at radius 3 is 2.69 bits per heavy atom. The maximum absolute atomic E-state index is 12.1. The first kappa shape index (κ1) is 24.2. The Hall–Kier alpha value is -3.98. The van der Waals surface area contributed by atoms with Gasteiger partial charge in [0.2, 0.25) is 0 Å². The number of rotatable bonds is 8. The molecule has 0 spiro atoms. The number of aromatic nitrogens is 4. The highest BCUT2D eigenvalue weighted by atomic mass is 16.6. The number of pyridine rings is 1. The number of carbonyl (C=O) groups excluding carboxylic acids is 1. The Morgan fingerprint density at radius 2 is 1.94 bits per heavy atom. The van der Waals surface area contributed by atoms with Gasteiger partial charge in [0.1, 0.15) is 5.60 Å². The van der Waals surface area contributed by atoms with Gasteiger partial charge >= 0.3 is 6.09 Å². The van der Waals surface area contributed by atoms with Gasteiger partial charge in [-0.05, 0) is 50.6 Å². The van der Waals surface area contributed by atoms with Crippen molar-refractivity contribution in [2.45, 2.75) is 39.5 Å². The van der Waals surface area contributed by atoms with Crippen LogP contribution in [0.1, 0.15) is 32.0 Å². The zero-order chi connectivity index (χ0) is 24.8. The van der Waals surface area contributed by atoms with Crippen molar-refractivity contribution in [1.82, 2.24) is 29.6 Å². The van der Waals surface area contributed by atoms with Crippen molar-refractivity contribution in [2.24, 2.45) is 0 Å². The standard InChI is InChI=1S/C26H31N7O2/c1-26(2,3)35-25(34)30-11-13-32(16-19-7-9-28-10-8-19)17-23-24-29-12-14-33(24)18-22(31-23)20-5-4-6-21(27)15-20/h4-10,12,14-15,18H,11,13,16-17,27H2,1-3H3,(H,30,34). The summed E-state index contributed by atoms with van der Waals surface area (Å²) < 4.78 is 7.34. The quantitative estimate of drug-likeness (QED) is 0.373. The SMILES string of the molecule is CC(C)(C)OC(=O)NCCN(Cc1ccncc1)Cc1nc(-c2cccc(N)c2)cn2ccnc12. The molecule has 0 saturated carbocycles. The fraction of sp³-hybridized carbons (Fsp3) is 0.308. The molecule has 182 valence electrons. The number of nitrogens with one attached hydrogen (secondary N) is 1. The predicted octanol–water partition coefficient (Wildman–Crippen LogP) is 3.90. The minimum Gasteiger partial charge on any atom is -0.444 e. The third-order valence-electron chi connectivity index (χ3n) is 5.25. The molecular formula is C26H31N7O2. The van der Waals surface area contributed by atoms with Crippen LogP contribution in [0.15, 0.2) is 67.4 Å². The van der Waals surface area contributed by atoms with E-state index in [1.54, 1.807) is 18.6 Å². The fourth-order valence-corrected chi connectivity index (χ4v) is 3.74. The summed E-state index contributed by atoms with van der Waals surface area (Å²) in [6.07, 6.45) is 8.75. The molecule has 0 unspecified atom stereocenters. The van der Waals surface area contributed by atoms with Crippen LogP contribution in [0.5, 0.6) is 0 Å². The lowest BCUT2D eigenvalue weighted by molar-refractivity contribution is 0.0521. The lowest BCUT2D eigenvalue weighted by atomic mass is 10.1. The maximum Gasteiger partial charge on any atom is 0.407 e. The van der Waals surface area contributed by atoms with Crippen LogP contribution in [0.4, 0.5) is 10.5 Å². The molecule has 9 heteroatoms. The smallest absolute Gasteiger partial charge is 0.407 e. The number of anilines is 1. The second-order valence-corrected chi connectivity index (χ2v) is 9.35. The van der Waals surface area contributed by atoms with Crippen LogP contribution in [0.3, 0.4) is 0 Å². The predicted molar refractivity (Wildman–Crippen MR) is 135 cm³/mol. The van der Waals surface area contributed by atoms with E-state index in [4.69, 9.17) is 15.5 Å². The van der Waals surface area contributed by atoms with Gasteiger partial charge in [0.15, 0.2) is 5.65 Å². The summed E-state index contributed by atoms with van der Waals surface area (Å²) in [5, 5.41) is 2.85. The summed E-state index contributed by atoms with van der Waals surface area (Å²) in [5.74, 6) is 0. The van der Waals surface area contributed by atoms with Gasteiger partial charge in [-0.3, -0.25) is 9.88 Å². The average Bonchev–Trinajstić information content (AvgIpc) is 3.27. The number of amides is 1. The summed E-state index contributed by atoms with van der Waals surface area (Å²) in [7, 11) is 0. The second kappa shape index (κ2) is 10.5. The normalized spacial score (nSPS) is 11.7. The summed E-state index contributed by atoms with van der Waals surface area (Å²) >= 11 is 0. The lowest BCUT2D eigenvalue weighted by Crippen LogP contribution is -2.37. The molecule has 0 radical (unpaired) electrons. The van der Waals surface area contributed by atoms with Gasteiger partial charge in [0.05, 0.1) is 11.4 Å². The molecular weight excluding hydrogens is 442 g/mol. The average molecular weight is 474 g/mol. The number of hydrogen-bond donors (Lipinski definition) is 2. The van der Waals surface area contributed by atoms with E-state index in [2.05, 4.69) is 20.2 Å². The molecule has 0 saturated heterocycles. The van der Waals surface area contributed by atoms with Crippen molar-refractivity contribution in [2.75, 3.05) is 18.8 Å². The highest BCUT2D eigenvalue weighted by molar-refractivity contribution is 5.67. The topological polar surface area (TPSA) is 111 Å². The lowest BCUT2D eigenvalue weighted by Gasteiger charge is -2.24. The van der Waals surface area contributed by atoms with Crippen LogP contribution in [0.2, 0.25) is 0 Å². The number of nitrogen functional groups attached to an aromatic ring is 1. The molecule has 4 aromatic rings. The molecule has 3 aromatic heterocycles. The molecule has 0 aliphatic rings. The van der Waals surface area contributed by atoms with Crippen molar-refractivity contribution in [3.8, 4) is 11.3 Å². The van der Waals surface area contributed by atoms with Crippen molar-refractivity contribution in [3.05, 3.63) is 78.6 Å². The molecule has 0 fully saturated rings. The highest BCUT2D eigenvalue weighted by Crippen LogP contribution is 2.22. The van der Waals surface area contributed by atoms with Crippen LogP contribution >= 0.6 is 0 Å². The number of nitrogens with two attached hydrogens (primary N) is 1. The largest absolute Gasteiger partial charge is 0.444 e. The minimum absolute atomic E-state index is 0.430. The summed E-state index contributed by atoms with van der Waals surface area (Å²) in [6.45, 7) is 7.76. The van der Waals surface area contributed by atoms with Crippen LogP contribution in [0, 0.1) is 0 Å². The van der Waals surface area contributed by atoms with E-state index in [-0.39, 0.29) is 0 Å². The van der Waals surface area contributed by atoms with Gasteiger partial charge in [-0.2, -0.15) is 0 Å². The molecule has 4 rings (SSSR count). The molecule has 1 amide bonds. The Morgan fingerprint density at radius 1 is 1.14 bits per heavy atom. The summed E-state index contributed by atoms with van der Waals surface area (Å²) in [5.41, 5.74) is 10.6. The number of fused-ring (bicyclic) bond motifs is 1. The van der Waals surface area contributed by atoms with Crippen molar-refractivity contribution in [1.29, 1.82) is 0 Å². The third kappa shape index (κ3) is 6.77. The number of hydrogen-bond acceptors (Lipinski definition) is 7. The molecule has 3 heterocycles. The Kier molecular flexibility index (Phi) is 7.26. The molecule has 0 aliphatic heterocycles. The number of benzene rings is 1. The first-order valence-electron chi connectivity index (χ1n) is 11.5. The Balaban J connectivity index is 1.57. The van der Waals surface area contributed by atoms with Crippen molar-refractivity contribution < 1.29 is 9.53 Å². The molecule has 3 N–H and O–H groups in total. The summed E-state index contributed by atoms with van der Waals surface area (Å²) in [6, 6.07) is 11.6. The van der Waals surface area contributed by atoms with Crippen molar-refractivity contribution >= 4 is 17.4 Å². The van der Waals surface area contributed by atoms with Crippen LogP contribution in [0.25, 0.3) is 16.9 Å². The second-order valence-electron chi connectivity index (χ2n) is 9.35. The van der Waals surface area contributed by atoms with Gasteiger partial charge in [0, 0.05) is 68.4 Å². The molecule has 9 nitrogen and oxygen atoms in total. The first-order valence-corrected chi connectivity index (χ1v) is 11.5. The van der Waals surface area contributed by atoms with E-state index < -0.39 is 11.7 Å². The Labute approximate surface area is 205 Å². The van der Waals surface area contributed by atoms with Gasteiger partial charge in [0.25, 0.3) is 0 Å². The van der Waals surface area contributed by atoms with Gasteiger partial charge in [-0.15, -0.1) is 0 Å². The third-order valence-corrected chi connectivity index (χ3v) is 5.25. The molecule has 1 aromatic carbocycles. The zero-order valence-corrected chi connectivity index (χ0v) is 20.3. The summed E-state index contributed by atoms with van der Waals surface area (Å²) in [4.78, 5) is 27.9. The van der Waals surface area contributed by atoms with Crippen LogP contribution in [-0.4, -0.2) is 49.0 Å². The first-order chi connectivity index (χ1) is 16.8. The van der Waals surface area contributed by atoms with E-state index >= 15 is 0 Å². The van der Waals surface area contributed by atoms with Gasteiger partial charge in [-0.25, -0.2) is 14.8 Å². The van der Waals surface area contributed by atoms with E-state index in [0.29, 0.717) is 31.9 Å². The van der Waals surface area contributed by atoms with E-state index in [0.717, 1.165) is 28.2 Å². The van der Waals surface area contributed by atoms with E-state index in [1.807, 2.05) is 74.0 Å². The van der Waals surface area contributed by atoms with Crippen LogP contribution < -0.4 is 11.1 Å². The number of ether oxygens (including phenoxy) is 1. The fourth-order valence-electron chi connectivity index (χ4n) is 3.74. The number of alkyl carbamates (subject to hydrolysis) is 1. The molecule has 0 bridgehead atoms. The monoisotopic (exact) mass is 473 g/mol. The molecule has 35 heavy (non-hydrogen) atoms. The zero-order valence-electron chi connectivity index (χ0n) is 20.3.